The minimum atomic E-state index is 0.713. The third-order valence-corrected chi connectivity index (χ3v) is 5.34. The van der Waals surface area contributed by atoms with E-state index >= 15 is 0 Å². The second kappa shape index (κ2) is 5.89. The summed E-state index contributed by atoms with van der Waals surface area (Å²) < 4.78 is 5.53. The zero-order valence-electron chi connectivity index (χ0n) is 11.7. The van der Waals surface area contributed by atoms with Gasteiger partial charge in [0, 0.05) is 31.3 Å². The Hall–Kier alpha value is -0.120. The van der Waals surface area contributed by atoms with Crippen molar-refractivity contribution < 1.29 is 4.74 Å². The molecule has 3 rings (SSSR count). The SMILES string of the molecule is CN1C2CCC1CC(CNC1CCCOCC1)C2. The van der Waals surface area contributed by atoms with Crippen LogP contribution < -0.4 is 5.32 Å². The number of piperidine rings is 1. The van der Waals surface area contributed by atoms with Crippen LogP contribution in [0.2, 0.25) is 0 Å². The fourth-order valence-corrected chi connectivity index (χ4v) is 4.13. The molecular weight excluding hydrogens is 224 g/mol. The molecule has 3 fully saturated rings. The van der Waals surface area contributed by atoms with Crippen molar-refractivity contribution in [1.82, 2.24) is 10.2 Å². The standard InChI is InChI=1S/C15H28N2O/c1-17-14-4-5-15(17)10-12(9-14)11-16-13-3-2-7-18-8-6-13/h12-16H,2-11H2,1H3. The summed E-state index contributed by atoms with van der Waals surface area (Å²) >= 11 is 0. The maximum Gasteiger partial charge on any atom is 0.0480 e. The molecule has 1 N–H and O–H groups in total. The first-order chi connectivity index (χ1) is 8.83. The van der Waals surface area contributed by atoms with E-state index in [2.05, 4.69) is 17.3 Å². The number of hydrogen-bond donors (Lipinski definition) is 1. The predicted octanol–water partition coefficient (Wildman–Crippen LogP) is 2.02. The minimum absolute atomic E-state index is 0.713. The number of rotatable bonds is 3. The monoisotopic (exact) mass is 252 g/mol. The molecule has 3 unspecified atom stereocenters. The highest BCUT2D eigenvalue weighted by Gasteiger charge is 2.38. The van der Waals surface area contributed by atoms with Gasteiger partial charge in [0.15, 0.2) is 0 Å². The number of nitrogens with one attached hydrogen (secondary N) is 1. The second-order valence-corrected chi connectivity index (χ2v) is 6.54. The van der Waals surface area contributed by atoms with Crippen LogP contribution >= 0.6 is 0 Å². The Balaban J connectivity index is 1.43. The van der Waals surface area contributed by atoms with E-state index in [9.17, 15) is 0 Å². The van der Waals surface area contributed by atoms with Gasteiger partial charge in [-0.3, -0.25) is 0 Å². The van der Waals surface area contributed by atoms with Crippen LogP contribution in [-0.2, 0) is 4.74 Å². The number of hydrogen-bond acceptors (Lipinski definition) is 3. The Morgan fingerprint density at radius 2 is 1.83 bits per heavy atom. The molecule has 2 bridgehead atoms. The van der Waals surface area contributed by atoms with E-state index in [0.29, 0.717) is 6.04 Å². The fourth-order valence-electron chi connectivity index (χ4n) is 4.13. The van der Waals surface area contributed by atoms with Crippen molar-refractivity contribution in [3.05, 3.63) is 0 Å². The van der Waals surface area contributed by atoms with Gasteiger partial charge in [-0.05, 0) is 64.5 Å². The van der Waals surface area contributed by atoms with Crippen molar-refractivity contribution in [3.63, 3.8) is 0 Å². The Labute approximate surface area is 111 Å². The molecule has 0 aromatic carbocycles. The zero-order chi connectivity index (χ0) is 12.4. The molecule has 0 amide bonds. The molecule has 3 aliphatic heterocycles. The average molecular weight is 252 g/mol. The third-order valence-electron chi connectivity index (χ3n) is 5.34. The molecule has 0 aromatic rings. The lowest BCUT2D eigenvalue weighted by Crippen LogP contribution is -2.44. The molecule has 3 aliphatic rings. The second-order valence-electron chi connectivity index (χ2n) is 6.54. The first-order valence-electron chi connectivity index (χ1n) is 7.86. The highest BCUT2D eigenvalue weighted by Crippen LogP contribution is 2.37. The van der Waals surface area contributed by atoms with Gasteiger partial charge in [0.1, 0.15) is 0 Å². The summed E-state index contributed by atoms with van der Waals surface area (Å²) in [5.74, 6) is 0.919. The Morgan fingerprint density at radius 3 is 2.61 bits per heavy atom. The predicted molar refractivity (Wildman–Crippen MR) is 73.8 cm³/mol. The summed E-state index contributed by atoms with van der Waals surface area (Å²) in [4.78, 5) is 2.63. The van der Waals surface area contributed by atoms with Crippen LogP contribution in [0, 0.1) is 5.92 Å². The van der Waals surface area contributed by atoms with Crippen molar-refractivity contribution in [1.29, 1.82) is 0 Å². The third kappa shape index (κ3) is 2.89. The van der Waals surface area contributed by atoms with E-state index < -0.39 is 0 Å². The molecule has 3 saturated heterocycles. The van der Waals surface area contributed by atoms with Gasteiger partial charge in [0.25, 0.3) is 0 Å². The van der Waals surface area contributed by atoms with E-state index in [1.807, 2.05) is 0 Å². The largest absolute Gasteiger partial charge is 0.381 e. The Morgan fingerprint density at radius 1 is 1.06 bits per heavy atom. The first kappa shape index (κ1) is 12.9. The summed E-state index contributed by atoms with van der Waals surface area (Å²) in [7, 11) is 2.33. The quantitative estimate of drug-likeness (QED) is 0.831. The lowest BCUT2D eigenvalue weighted by molar-refractivity contribution is 0.128. The summed E-state index contributed by atoms with van der Waals surface area (Å²) in [5.41, 5.74) is 0. The molecule has 3 heteroatoms. The number of nitrogens with zero attached hydrogens (tertiary/aromatic N) is 1. The topological polar surface area (TPSA) is 24.5 Å². The van der Waals surface area contributed by atoms with E-state index in [1.54, 1.807) is 0 Å². The van der Waals surface area contributed by atoms with Crippen LogP contribution in [0.25, 0.3) is 0 Å². The highest BCUT2D eigenvalue weighted by atomic mass is 16.5. The maximum atomic E-state index is 5.53. The molecule has 104 valence electrons. The lowest BCUT2D eigenvalue weighted by Gasteiger charge is -2.37. The van der Waals surface area contributed by atoms with Crippen molar-refractivity contribution in [3.8, 4) is 0 Å². The van der Waals surface area contributed by atoms with Crippen LogP contribution in [0.15, 0.2) is 0 Å². The summed E-state index contributed by atoms with van der Waals surface area (Å²) in [6, 6.07) is 2.48. The fraction of sp³-hybridized carbons (Fsp3) is 1.00. The van der Waals surface area contributed by atoms with Gasteiger partial charge in [0.05, 0.1) is 0 Å². The smallest absolute Gasteiger partial charge is 0.0480 e. The van der Waals surface area contributed by atoms with Crippen LogP contribution in [0.5, 0.6) is 0 Å². The van der Waals surface area contributed by atoms with Crippen LogP contribution in [0.1, 0.15) is 44.9 Å². The number of fused-ring (bicyclic) bond motifs is 2. The summed E-state index contributed by atoms with van der Waals surface area (Å²) in [6.45, 7) is 3.17. The molecule has 0 aliphatic carbocycles. The molecule has 18 heavy (non-hydrogen) atoms. The van der Waals surface area contributed by atoms with Crippen molar-refractivity contribution >= 4 is 0 Å². The van der Waals surface area contributed by atoms with E-state index in [1.165, 1.54) is 51.5 Å². The Kier molecular flexibility index (Phi) is 4.22. The first-order valence-corrected chi connectivity index (χ1v) is 7.86. The zero-order valence-corrected chi connectivity index (χ0v) is 11.7. The van der Waals surface area contributed by atoms with Gasteiger partial charge in [-0.1, -0.05) is 0 Å². The van der Waals surface area contributed by atoms with Gasteiger partial charge in [-0.15, -0.1) is 0 Å². The molecule has 0 saturated carbocycles. The van der Waals surface area contributed by atoms with Gasteiger partial charge >= 0.3 is 0 Å². The van der Waals surface area contributed by atoms with Gasteiger partial charge in [0.2, 0.25) is 0 Å². The van der Waals surface area contributed by atoms with E-state index in [0.717, 1.165) is 31.2 Å². The molecular formula is C15H28N2O. The molecule has 0 spiro atoms. The summed E-state index contributed by atoms with van der Waals surface area (Å²) in [6.07, 6.45) is 9.46. The molecule has 0 radical (unpaired) electrons. The van der Waals surface area contributed by atoms with Crippen LogP contribution in [0.4, 0.5) is 0 Å². The van der Waals surface area contributed by atoms with E-state index in [-0.39, 0.29) is 0 Å². The van der Waals surface area contributed by atoms with Gasteiger partial charge in [-0.2, -0.15) is 0 Å². The van der Waals surface area contributed by atoms with Crippen molar-refractivity contribution in [2.24, 2.45) is 5.92 Å². The lowest BCUT2D eigenvalue weighted by atomic mass is 9.90. The number of ether oxygens (including phenoxy) is 1. The van der Waals surface area contributed by atoms with Crippen LogP contribution in [0.3, 0.4) is 0 Å². The Bertz CT molecular complexity index is 249. The van der Waals surface area contributed by atoms with E-state index in [4.69, 9.17) is 4.74 Å². The van der Waals surface area contributed by atoms with Crippen molar-refractivity contribution in [2.75, 3.05) is 26.8 Å². The minimum Gasteiger partial charge on any atom is -0.381 e. The molecule has 3 atom stereocenters. The summed E-state index contributed by atoms with van der Waals surface area (Å²) in [5, 5.41) is 3.82. The normalized spacial score (nSPS) is 41.8. The molecule has 0 aromatic heterocycles. The highest BCUT2D eigenvalue weighted by molar-refractivity contribution is 4.94. The van der Waals surface area contributed by atoms with Gasteiger partial charge in [-0.25, -0.2) is 0 Å². The van der Waals surface area contributed by atoms with Crippen LogP contribution in [-0.4, -0.2) is 49.8 Å². The molecule has 3 nitrogen and oxygen atoms in total. The molecule has 3 heterocycles. The average Bonchev–Trinajstić information content (AvgIpc) is 2.66. The van der Waals surface area contributed by atoms with Crippen molar-refractivity contribution in [2.45, 2.75) is 63.1 Å². The maximum absolute atomic E-state index is 5.53. The van der Waals surface area contributed by atoms with Gasteiger partial charge < -0.3 is 15.0 Å².